The Hall–Kier alpha value is -0.960. The maximum absolute atomic E-state index is 12.3. The number of benzene rings is 1. The van der Waals surface area contributed by atoms with E-state index in [0.29, 0.717) is 0 Å². The van der Waals surface area contributed by atoms with Crippen LogP contribution >= 0.6 is 11.6 Å². The standard InChI is InChI=1S/C6H4ClFN2/c7-5-3-4(8)1-2-6(5)10-9/h1-3,9H. The Morgan fingerprint density at radius 2 is 2.20 bits per heavy atom. The number of nitrogens with zero attached hydrogens (tertiary/aromatic N) is 1. The molecular formula is C6H4ClFN2. The molecule has 0 fully saturated rings. The van der Waals surface area contributed by atoms with Gasteiger partial charge in [-0.3, -0.25) is 0 Å². The molecule has 0 aliphatic rings. The van der Waals surface area contributed by atoms with Crippen LogP contribution in [-0.2, 0) is 0 Å². The smallest absolute Gasteiger partial charge is 0.124 e. The summed E-state index contributed by atoms with van der Waals surface area (Å²) < 4.78 is 12.3. The van der Waals surface area contributed by atoms with Crippen LogP contribution < -0.4 is 0 Å². The molecule has 10 heavy (non-hydrogen) atoms. The third-order valence-corrected chi connectivity index (χ3v) is 1.33. The molecule has 0 radical (unpaired) electrons. The molecule has 0 heterocycles. The van der Waals surface area contributed by atoms with Crippen molar-refractivity contribution in [3.05, 3.63) is 29.0 Å². The highest BCUT2D eigenvalue weighted by Crippen LogP contribution is 2.24. The van der Waals surface area contributed by atoms with Gasteiger partial charge in [0.25, 0.3) is 0 Å². The van der Waals surface area contributed by atoms with E-state index in [0.717, 1.165) is 6.07 Å². The molecule has 0 atom stereocenters. The zero-order valence-electron chi connectivity index (χ0n) is 4.94. The molecule has 1 N–H and O–H groups in total. The summed E-state index contributed by atoms with van der Waals surface area (Å²) in [5.41, 5.74) is 6.85. The average molecular weight is 159 g/mol. The summed E-state index contributed by atoms with van der Waals surface area (Å²) in [5.74, 6) is -0.419. The van der Waals surface area contributed by atoms with Crippen molar-refractivity contribution in [2.24, 2.45) is 5.11 Å². The highest BCUT2D eigenvalue weighted by Gasteiger charge is 1.98. The van der Waals surface area contributed by atoms with Crippen LogP contribution in [0.4, 0.5) is 10.1 Å². The summed E-state index contributed by atoms with van der Waals surface area (Å²) >= 11 is 5.48. The minimum Gasteiger partial charge on any atom is -0.207 e. The molecule has 0 unspecified atom stereocenters. The van der Waals surface area contributed by atoms with Crippen molar-refractivity contribution in [2.75, 3.05) is 0 Å². The van der Waals surface area contributed by atoms with Crippen LogP contribution in [0.1, 0.15) is 0 Å². The highest BCUT2D eigenvalue weighted by molar-refractivity contribution is 6.32. The first-order valence-electron chi connectivity index (χ1n) is 2.56. The molecule has 0 aromatic heterocycles. The van der Waals surface area contributed by atoms with Crippen molar-refractivity contribution >= 4 is 17.3 Å². The van der Waals surface area contributed by atoms with Gasteiger partial charge in [0.2, 0.25) is 0 Å². The second-order valence-electron chi connectivity index (χ2n) is 1.71. The minimum absolute atomic E-state index is 0.162. The lowest BCUT2D eigenvalue weighted by Gasteiger charge is -1.93. The number of rotatable bonds is 1. The molecule has 0 saturated carbocycles. The van der Waals surface area contributed by atoms with E-state index in [2.05, 4.69) is 5.11 Å². The lowest BCUT2D eigenvalue weighted by molar-refractivity contribution is 0.628. The molecule has 1 aromatic rings. The van der Waals surface area contributed by atoms with Gasteiger partial charge in [-0.2, -0.15) is 5.11 Å². The molecule has 4 heteroatoms. The van der Waals surface area contributed by atoms with Gasteiger partial charge >= 0.3 is 0 Å². The van der Waals surface area contributed by atoms with E-state index in [4.69, 9.17) is 17.1 Å². The Kier molecular flexibility index (Phi) is 1.97. The van der Waals surface area contributed by atoms with Crippen molar-refractivity contribution < 1.29 is 4.39 Å². The van der Waals surface area contributed by atoms with Gasteiger partial charge in [0.15, 0.2) is 0 Å². The quantitative estimate of drug-likeness (QED) is 0.610. The van der Waals surface area contributed by atoms with Crippen LogP contribution in [0.15, 0.2) is 23.3 Å². The lowest BCUT2D eigenvalue weighted by Crippen LogP contribution is -1.71. The van der Waals surface area contributed by atoms with E-state index < -0.39 is 5.82 Å². The van der Waals surface area contributed by atoms with Gasteiger partial charge in [-0.05, 0) is 18.2 Å². The van der Waals surface area contributed by atoms with Crippen LogP contribution in [0, 0.1) is 11.3 Å². The first-order valence-corrected chi connectivity index (χ1v) is 2.94. The van der Waals surface area contributed by atoms with Crippen molar-refractivity contribution in [1.29, 1.82) is 5.53 Å². The summed E-state index contributed by atoms with van der Waals surface area (Å²) in [6.07, 6.45) is 0. The first kappa shape index (κ1) is 7.15. The summed E-state index contributed by atoms with van der Waals surface area (Å²) in [5, 5.41) is 3.22. The fourth-order valence-corrected chi connectivity index (χ4v) is 0.781. The zero-order chi connectivity index (χ0) is 7.56. The molecule has 0 aliphatic carbocycles. The van der Waals surface area contributed by atoms with Gasteiger partial charge in [0.1, 0.15) is 11.5 Å². The van der Waals surface area contributed by atoms with E-state index in [1.54, 1.807) is 0 Å². The Bertz CT molecular complexity index is 262. The van der Waals surface area contributed by atoms with Gasteiger partial charge in [-0.25, -0.2) is 9.92 Å². The van der Waals surface area contributed by atoms with Crippen LogP contribution in [0.2, 0.25) is 5.02 Å². The maximum Gasteiger partial charge on any atom is 0.124 e. The number of halogens is 2. The highest BCUT2D eigenvalue weighted by atomic mass is 35.5. The molecule has 52 valence electrons. The molecule has 0 spiro atoms. The van der Waals surface area contributed by atoms with Gasteiger partial charge in [0, 0.05) is 0 Å². The van der Waals surface area contributed by atoms with Crippen LogP contribution in [0.3, 0.4) is 0 Å². The van der Waals surface area contributed by atoms with Crippen LogP contribution in [-0.4, -0.2) is 0 Å². The van der Waals surface area contributed by atoms with Crippen molar-refractivity contribution in [1.82, 2.24) is 0 Å². The molecule has 1 aromatic carbocycles. The first-order chi connectivity index (χ1) is 4.74. The SMILES string of the molecule is N=Nc1ccc(F)cc1Cl. The number of hydrogen-bond donors (Lipinski definition) is 1. The van der Waals surface area contributed by atoms with E-state index >= 15 is 0 Å². The molecule has 0 saturated heterocycles. The topological polar surface area (TPSA) is 36.2 Å². The molecule has 0 bridgehead atoms. The predicted molar refractivity (Wildman–Crippen MR) is 36.2 cm³/mol. The molecular weight excluding hydrogens is 155 g/mol. The fourth-order valence-electron chi connectivity index (χ4n) is 0.572. The largest absolute Gasteiger partial charge is 0.207 e. The average Bonchev–Trinajstić information content (AvgIpc) is 1.88. The summed E-state index contributed by atoms with van der Waals surface area (Å²) in [4.78, 5) is 0. The van der Waals surface area contributed by atoms with Crippen LogP contribution in [0.25, 0.3) is 0 Å². The van der Waals surface area contributed by atoms with E-state index in [9.17, 15) is 4.39 Å². The molecule has 0 aliphatic heterocycles. The maximum atomic E-state index is 12.3. The molecule has 0 amide bonds. The molecule has 2 nitrogen and oxygen atoms in total. The van der Waals surface area contributed by atoms with Crippen molar-refractivity contribution in [3.63, 3.8) is 0 Å². The minimum atomic E-state index is -0.419. The third kappa shape index (κ3) is 1.30. The number of nitrogens with one attached hydrogen (secondary N) is 1. The summed E-state index contributed by atoms with van der Waals surface area (Å²) in [6, 6.07) is 3.68. The Morgan fingerprint density at radius 3 is 2.70 bits per heavy atom. The van der Waals surface area contributed by atoms with E-state index in [1.807, 2.05) is 0 Å². The lowest BCUT2D eigenvalue weighted by atomic mass is 10.3. The summed E-state index contributed by atoms with van der Waals surface area (Å²) in [7, 11) is 0. The fraction of sp³-hybridized carbons (Fsp3) is 0. The number of hydrogen-bond acceptors (Lipinski definition) is 2. The van der Waals surface area contributed by atoms with E-state index in [1.165, 1.54) is 12.1 Å². The zero-order valence-corrected chi connectivity index (χ0v) is 5.69. The Morgan fingerprint density at radius 1 is 1.50 bits per heavy atom. The van der Waals surface area contributed by atoms with Crippen LogP contribution in [0.5, 0.6) is 0 Å². The second kappa shape index (κ2) is 2.75. The van der Waals surface area contributed by atoms with Crippen molar-refractivity contribution in [3.8, 4) is 0 Å². The van der Waals surface area contributed by atoms with E-state index in [-0.39, 0.29) is 10.7 Å². The molecule has 1 rings (SSSR count). The third-order valence-electron chi connectivity index (χ3n) is 1.03. The monoisotopic (exact) mass is 158 g/mol. The van der Waals surface area contributed by atoms with Gasteiger partial charge < -0.3 is 0 Å². The van der Waals surface area contributed by atoms with Gasteiger partial charge in [-0.15, -0.1) is 0 Å². The summed E-state index contributed by atoms with van der Waals surface area (Å²) in [6.45, 7) is 0. The Labute approximate surface area is 62.1 Å². The Balaban J connectivity index is 3.19. The predicted octanol–water partition coefficient (Wildman–Crippen LogP) is 3.14. The second-order valence-corrected chi connectivity index (χ2v) is 2.11. The van der Waals surface area contributed by atoms with Gasteiger partial charge in [0.05, 0.1) is 5.02 Å². The normalized spacial score (nSPS) is 9.40. The van der Waals surface area contributed by atoms with Gasteiger partial charge in [-0.1, -0.05) is 11.6 Å². The van der Waals surface area contributed by atoms with Crippen molar-refractivity contribution in [2.45, 2.75) is 0 Å².